The summed E-state index contributed by atoms with van der Waals surface area (Å²) in [5, 5.41) is 11.1. The zero-order valence-electron chi connectivity index (χ0n) is 9.19. The number of aliphatic carboxylic acids is 1. The van der Waals surface area contributed by atoms with E-state index in [-0.39, 0.29) is 12.3 Å². The molecular formula is C9H19N3O3. The van der Waals surface area contributed by atoms with E-state index in [4.69, 9.17) is 10.8 Å². The molecule has 88 valence electrons. The van der Waals surface area contributed by atoms with Crippen LogP contribution in [0, 0.1) is 0 Å². The number of nitrogens with two attached hydrogens (primary N) is 1. The Labute approximate surface area is 89.4 Å². The standard InChI is InChI=1S/C9H19N3O3/c1-12(2)6-4-8(13)11-5-3-7(10)9(14)15/h7H,3-6,10H2,1-2H3,(H,11,13)(H,14,15)/t7-/m0/s1. The second-order valence-electron chi connectivity index (χ2n) is 3.64. The van der Waals surface area contributed by atoms with Crippen LogP contribution in [0.4, 0.5) is 0 Å². The van der Waals surface area contributed by atoms with Gasteiger partial charge in [-0.25, -0.2) is 0 Å². The maximum atomic E-state index is 11.2. The molecule has 0 aromatic heterocycles. The summed E-state index contributed by atoms with van der Waals surface area (Å²) < 4.78 is 0. The Morgan fingerprint density at radius 3 is 2.53 bits per heavy atom. The quantitative estimate of drug-likeness (QED) is 0.501. The van der Waals surface area contributed by atoms with E-state index in [0.717, 1.165) is 0 Å². The maximum absolute atomic E-state index is 11.2. The molecular weight excluding hydrogens is 198 g/mol. The van der Waals surface area contributed by atoms with Crippen LogP contribution in [0.25, 0.3) is 0 Å². The molecule has 0 spiro atoms. The Kier molecular flexibility index (Phi) is 6.64. The molecule has 0 bridgehead atoms. The van der Waals surface area contributed by atoms with Gasteiger partial charge in [-0.1, -0.05) is 0 Å². The highest BCUT2D eigenvalue weighted by Gasteiger charge is 2.11. The van der Waals surface area contributed by atoms with E-state index >= 15 is 0 Å². The largest absolute Gasteiger partial charge is 0.480 e. The van der Waals surface area contributed by atoms with Gasteiger partial charge in [0, 0.05) is 19.5 Å². The van der Waals surface area contributed by atoms with Gasteiger partial charge in [0.1, 0.15) is 6.04 Å². The van der Waals surface area contributed by atoms with Gasteiger partial charge in [-0.15, -0.1) is 0 Å². The molecule has 0 unspecified atom stereocenters. The smallest absolute Gasteiger partial charge is 0.320 e. The zero-order chi connectivity index (χ0) is 11.8. The third-order valence-corrected chi connectivity index (χ3v) is 1.88. The number of carboxylic acid groups (broad SMARTS) is 1. The van der Waals surface area contributed by atoms with E-state index in [1.54, 1.807) is 0 Å². The minimum Gasteiger partial charge on any atom is -0.480 e. The van der Waals surface area contributed by atoms with Crippen molar-refractivity contribution < 1.29 is 14.7 Å². The first kappa shape index (κ1) is 13.9. The minimum absolute atomic E-state index is 0.0821. The second-order valence-corrected chi connectivity index (χ2v) is 3.64. The highest BCUT2D eigenvalue weighted by Crippen LogP contribution is 1.88. The van der Waals surface area contributed by atoms with Crippen molar-refractivity contribution in [2.75, 3.05) is 27.2 Å². The van der Waals surface area contributed by atoms with E-state index < -0.39 is 12.0 Å². The van der Waals surface area contributed by atoms with E-state index in [0.29, 0.717) is 19.5 Å². The predicted octanol–water partition coefficient (Wildman–Crippen LogP) is -1.14. The van der Waals surface area contributed by atoms with Crippen molar-refractivity contribution in [3.05, 3.63) is 0 Å². The third kappa shape index (κ3) is 7.90. The fourth-order valence-corrected chi connectivity index (χ4v) is 0.904. The highest BCUT2D eigenvalue weighted by molar-refractivity contribution is 5.76. The zero-order valence-corrected chi connectivity index (χ0v) is 9.19. The van der Waals surface area contributed by atoms with Crippen LogP contribution >= 0.6 is 0 Å². The van der Waals surface area contributed by atoms with Crippen LogP contribution in [-0.2, 0) is 9.59 Å². The van der Waals surface area contributed by atoms with Crippen molar-refractivity contribution in [1.82, 2.24) is 10.2 Å². The molecule has 1 atom stereocenters. The van der Waals surface area contributed by atoms with Crippen LogP contribution in [0.2, 0.25) is 0 Å². The molecule has 6 nitrogen and oxygen atoms in total. The molecule has 0 heterocycles. The summed E-state index contributed by atoms with van der Waals surface area (Å²) in [6.45, 7) is 0.983. The molecule has 0 rings (SSSR count). The Morgan fingerprint density at radius 2 is 2.07 bits per heavy atom. The summed E-state index contributed by atoms with van der Waals surface area (Å²) in [6.07, 6.45) is 0.665. The van der Waals surface area contributed by atoms with Crippen LogP contribution in [0.3, 0.4) is 0 Å². The molecule has 0 aliphatic heterocycles. The molecule has 0 saturated carbocycles. The molecule has 15 heavy (non-hydrogen) atoms. The van der Waals surface area contributed by atoms with Crippen LogP contribution < -0.4 is 11.1 Å². The number of amides is 1. The van der Waals surface area contributed by atoms with E-state index in [1.165, 1.54) is 0 Å². The lowest BCUT2D eigenvalue weighted by Crippen LogP contribution is -2.36. The Balaban J connectivity index is 3.51. The number of rotatable bonds is 7. The first-order chi connectivity index (χ1) is 6.93. The van der Waals surface area contributed by atoms with Crippen LogP contribution in [0.5, 0.6) is 0 Å². The number of hydrogen-bond acceptors (Lipinski definition) is 4. The van der Waals surface area contributed by atoms with Crippen molar-refractivity contribution >= 4 is 11.9 Å². The molecule has 0 saturated heterocycles. The van der Waals surface area contributed by atoms with Crippen molar-refractivity contribution in [2.24, 2.45) is 5.73 Å². The van der Waals surface area contributed by atoms with Crippen molar-refractivity contribution in [1.29, 1.82) is 0 Å². The predicted molar refractivity (Wildman–Crippen MR) is 56.4 cm³/mol. The number of carbonyl (C=O) groups excluding carboxylic acids is 1. The number of hydrogen-bond donors (Lipinski definition) is 3. The fourth-order valence-electron chi connectivity index (χ4n) is 0.904. The lowest BCUT2D eigenvalue weighted by molar-refractivity contribution is -0.138. The fraction of sp³-hybridized carbons (Fsp3) is 0.778. The normalized spacial score (nSPS) is 12.5. The average Bonchev–Trinajstić information content (AvgIpc) is 2.14. The molecule has 0 radical (unpaired) electrons. The molecule has 1 amide bonds. The second kappa shape index (κ2) is 7.19. The number of nitrogens with zero attached hydrogens (tertiary/aromatic N) is 1. The Bertz CT molecular complexity index is 219. The molecule has 0 aliphatic carbocycles. The molecule has 0 aliphatic rings. The van der Waals surface area contributed by atoms with Gasteiger partial charge in [0.25, 0.3) is 0 Å². The minimum atomic E-state index is -1.04. The Morgan fingerprint density at radius 1 is 1.47 bits per heavy atom. The van der Waals surface area contributed by atoms with Gasteiger partial charge >= 0.3 is 5.97 Å². The molecule has 0 aromatic rings. The average molecular weight is 217 g/mol. The third-order valence-electron chi connectivity index (χ3n) is 1.88. The first-order valence-corrected chi connectivity index (χ1v) is 4.83. The van der Waals surface area contributed by atoms with Crippen LogP contribution in [0.1, 0.15) is 12.8 Å². The summed E-state index contributed by atoms with van der Waals surface area (Å²) in [4.78, 5) is 23.4. The van der Waals surface area contributed by atoms with Gasteiger partial charge in [0.15, 0.2) is 0 Å². The summed E-state index contributed by atoms with van der Waals surface area (Å²) in [7, 11) is 3.77. The molecule has 4 N–H and O–H groups in total. The van der Waals surface area contributed by atoms with Gasteiger partial charge in [-0.2, -0.15) is 0 Å². The van der Waals surface area contributed by atoms with Crippen molar-refractivity contribution in [3.8, 4) is 0 Å². The van der Waals surface area contributed by atoms with Gasteiger partial charge < -0.3 is 21.1 Å². The number of nitrogens with one attached hydrogen (secondary N) is 1. The van der Waals surface area contributed by atoms with Crippen molar-refractivity contribution in [2.45, 2.75) is 18.9 Å². The van der Waals surface area contributed by atoms with E-state index in [2.05, 4.69) is 5.32 Å². The summed E-state index contributed by atoms with van der Waals surface area (Å²) in [5.74, 6) is -1.13. The summed E-state index contributed by atoms with van der Waals surface area (Å²) in [5.41, 5.74) is 5.27. The molecule has 0 aromatic carbocycles. The SMILES string of the molecule is CN(C)CCC(=O)NCC[C@H](N)C(=O)O. The van der Waals surface area contributed by atoms with Gasteiger partial charge in [0.2, 0.25) is 5.91 Å². The molecule has 0 fully saturated rings. The van der Waals surface area contributed by atoms with E-state index in [9.17, 15) is 9.59 Å². The summed E-state index contributed by atoms with van der Waals surface area (Å²) in [6, 6.07) is -0.904. The van der Waals surface area contributed by atoms with Crippen LogP contribution in [-0.4, -0.2) is 55.1 Å². The number of carboxylic acids is 1. The lowest BCUT2D eigenvalue weighted by atomic mass is 10.2. The van der Waals surface area contributed by atoms with Crippen LogP contribution in [0.15, 0.2) is 0 Å². The topological polar surface area (TPSA) is 95.7 Å². The van der Waals surface area contributed by atoms with E-state index in [1.807, 2.05) is 19.0 Å². The maximum Gasteiger partial charge on any atom is 0.320 e. The molecule has 6 heteroatoms. The van der Waals surface area contributed by atoms with Gasteiger partial charge in [-0.05, 0) is 20.5 Å². The summed E-state index contributed by atoms with van der Waals surface area (Å²) >= 11 is 0. The first-order valence-electron chi connectivity index (χ1n) is 4.83. The lowest BCUT2D eigenvalue weighted by Gasteiger charge is -2.10. The number of carbonyl (C=O) groups is 2. The van der Waals surface area contributed by atoms with Gasteiger partial charge in [-0.3, -0.25) is 9.59 Å². The van der Waals surface area contributed by atoms with Crippen molar-refractivity contribution in [3.63, 3.8) is 0 Å². The Hall–Kier alpha value is -1.14. The monoisotopic (exact) mass is 217 g/mol. The highest BCUT2D eigenvalue weighted by atomic mass is 16.4. The van der Waals surface area contributed by atoms with Gasteiger partial charge in [0.05, 0.1) is 0 Å².